The second-order valence-electron chi connectivity index (χ2n) is 8.12. The molecule has 0 bridgehead atoms. The van der Waals surface area contributed by atoms with Crippen molar-refractivity contribution in [2.24, 2.45) is 0 Å². The number of carbonyl (C=O) groups excluding carboxylic acids is 2. The van der Waals surface area contributed by atoms with Crippen LogP contribution in [0.15, 0.2) is 66.9 Å². The van der Waals surface area contributed by atoms with Crippen molar-refractivity contribution in [1.82, 2.24) is 9.97 Å². The average Bonchev–Trinajstić information content (AvgIpc) is 2.96. The fourth-order valence-electron chi connectivity index (χ4n) is 3.77. The van der Waals surface area contributed by atoms with Crippen LogP contribution in [0.2, 0.25) is 5.02 Å². The van der Waals surface area contributed by atoms with Crippen molar-refractivity contribution in [3.63, 3.8) is 0 Å². The molecule has 4 aromatic rings. The van der Waals surface area contributed by atoms with E-state index in [-0.39, 0.29) is 18.2 Å². The number of hydrogen-bond donors (Lipinski definition) is 3. The van der Waals surface area contributed by atoms with Crippen LogP contribution in [-0.4, -0.2) is 21.8 Å². The van der Waals surface area contributed by atoms with Crippen LogP contribution in [0.25, 0.3) is 11.3 Å². The maximum atomic E-state index is 12.7. The van der Waals surface area contributed by atoms with E-state index in [2.05, 4.69) is 48.5 Å². The quantitative estimate of drug-likeness (QED) is 0.244. The first-order valence-electron chi connectivity index (χ1n) is 10.8. The number of carbonyl (C=O) groups is 2. The minimum absolute atomic E-state index is 0.147. The lowest BCUT2D eigenvalue weighted by molar-refractivity contribution is -0.115. The molecule has 0 saturated heterocycles. The number of aryl methyl sites for hydroxylation is 1. The highest BCUT2D eigenvalue weighted by Crippen LogP contribution is 2.35. The number of halogens is 2. The molecule has 1 aliphatic rings. The van der Waals surface area contributed by atoms with Crippen LogP contribution in [0.5, 0.6) is 0 Å². The second-order valence-corrected chi connectivity index (χ2v) is 9.72. The predicted octanol–water partition coefficient (Wildman–Crippen LogP) is 6.20. The molecule has 3 aromatic carbocycles. The summed E-state index contributed by atoms with van der Waals surface area (Å²) >= 11 is 8.32. The van der Waals surface area contributed by atoms with Crippen LogP contribution >= 0.6 is 34.2 Å². The Morgan fingerprint density at radius 2 is 1.89 bits per heavy atom. The zero-order valence-electron chi connectivity index (χ0n) is 18.5. The summed E-state index contributed by atoms with van der Waals surface area (Å²) in [5, 5.41) is 9.52. The van der Waals surface area contributed by atoms with Gasteiger partial charge in [-0.15, -0.1) is 0 Å². The van der Waals surface area contributed by atoms with Crippen molar-refractivity contribution < 1.29 is 9.59 Å². The van der Waals surface area contributed by atoms with Gasteiger partial charge >= 0.3 is 0 Å². The number of fused-ring (bicyclic) bond motifs is 3. The van der Waals surface area contributed by atoms with Crippen molar-refractivity contribution in [2.75, 3.05) is 16.0 Å². The Morgan fingerprint density at radius 3 is 2.66 bits per heavy atom. The van der Waals surface area contributed by atoms with E-state index in [1.807, 2.05) is 31.2 Å². The summed E-state index contributed by atoms with van der Waals surface area (Å²) in [6.45, 7) is 2.01. The highest BCUT2D eigenvalue weighted by Gasteiger charge is 2.21. The van der Waals surface area contributed by atoms with Gasteiger partial charge in [0, 0.05) is 37.2 Å². The summed E-state index contributed by atoms with van der Waals surface area (Å²) in [6.07, 6.45) is 1.82. The third-order valence-corrected chi connectivity index (χ3v) is 6.63. The van der Waals surface area contributed by atoms with Crippen LogP contribution in [0.3, 0.4) is 0 Å². The smallest absolute Gasteiger partial charge is 0.255 e. The Hall–Kier alpha value is -3.50. The number of nitrogens with zero attached hydrogens (tertiary/aromatic N) is 2. The minimum atomic E-state index is -0.188. The summed E-state index contributed by atoms with van der Waals surface area (Å²) in [7, 11) is 0. The lowest BCUT2D eigenvalue weighted by Crippen LogP contribution is -2.13. The van der Waals surface area contributed by atoms with E-state index in [9.17, 15) is 9.59 Å². The van der Waals surface area contributed by atoms with E-state index in [0.717, 1.165) is 31.6 Å². The largest absolute Gasteiger partial charge is 0.325 e. The standard InChI is InChI=1S/C26H19ClIN5O2/c1-14-2-9-21(20(28)10-14)32-25(35)15-3-6-18(7-4-15)30-26-29-13-16-11-23(34)31-22-12-17(27)5-8-19(22)24(16)33-26/h2-10,12-13H,11H2,1H3,(H,31,34)(H,32,35)(H,29,30,33). The Bertz CT molecular complexity index is 1470. The highest BCUT2D eigenvalue weighted by molar-refractivity contribution is 14.1. The van der Waals surface area contributed by atoms with Crippen LogP contribution in [0.4, 0.5) is 23.0 Å². The molecule has 2 amide bonds. The number of amides is 2. The van der Waals surface area contributed by atoms with E-state index >= 15 is 0 Å². The summed E-state index contributed by atoms with van der Waals surface area (Å²) in [6, 6.07) is 18.2. The number of hydrogen-bond acceptors (Lipinski definition) is 5. The predicted molar refractivity (Wildman–Crippen MR) is 146 cm³/mol. The summed E-state index contributed by atoms with van der Waals surface area (Å²) in [4.78, 5) is 34.0. The molecule has 1 aliphatic heterocycles. The SMILES string of the molecule is Cc1ccc(NC(=O)c2ccc(Nc3ncc4c(n3)-c3ccc(Cl)cc3NC(=O)C4)cc2)c(I)c1. The molecule has 3 N–H and O–H groups in total. The fourth-order valence-corrected chi connectivity index (χ4v) is 4.75. The number of benzene rings is 3. The molecule has 2 heterocycles. The monoisotopic (exact) mass is 595 g/mol. The molecule has 0 atom stereocenters. The van der Waals surface area contributed by atoms with Gasteiger partial charge in [0.15, 0.2) is 0 Å². The van der Waals surface area contributed by atoms with Gasteiger partial charge in [-0.1, -0.05) is 17.7 Å². The first-order chi connectivity index (χ1) is 16.9. The summed E-state index contributed by atoms with van der Waals surface area (Å²) in [5.41, 5.74) is 5.95. The Kier molecular flexibility index (Phi) is 6.40. The zero-order chi connectivity index (χ0) is 24.5. The molecular weight excluding hydrogens is 577 g/mol. The number of rotatable bonds is 4. The number of aromatic nitrogens is 2. The molecule has 35 heavy (non-hydrogen) atoms. The molecule has 1 aromatic heterocycles. The molecule has 0 spiro atoms. The molecule has 5 rings (SSSR count). The maximum Gasteiger partial charge on any atom is 0.255 e. The Labute approximate surface area is 220 Å². The first-order valence-corrected chi connectivity index (χ1v) is 12.2. The van der Waals surface area contributed by atoms with Crippen LogP contribution in [0, 0.1) is 10.5 Å². The van der Waals surface area contributed by atoms with Gasteiger partial charge < -0.3 is 16.0 Å². The van der Waals surface area contributed by atoms with Crippen LogP contribution in [-0.2, 0) is 11.2 Å². The molecule has 9 heteroatoms. The van der Waals surface area contributed by atoms with E-state index in [0.29, 0.717) is 27.9 Å². The van der Waals surface area contributed by atoms with E-state index in [1.54, 1.807) is 42.6 Å². The van der Waals surface area contributed by atoms with Gasteiger partial charge in [0.1, 0.15) is 0 Å². The zero-order valence-corrected chi connectivity index (χ0v) is 21.4. The van der Waals surface area contributed by atoms with Gasteiger partial charge in [-0.2, -0.15) is 0 Å². The number of anilines is 4. The molecular formula is C26H19ClIN5O2. The lowest BCUT2D eigenvalue weighted by Gasteiger charge is -2.11. The van der Waals surface area contributed by atoms with Gasteiger partial charge in [0.2, 0.25) is 11.9 Å². The lowest BCUT2D eigenvalue weighted by atomic mass is 10.1. The van der Waals surface area contributed by atoms with Gasteiger partial charge in [-0.05, 0) is 89.7 Å². The van der Waals surface area contributed by atoms with E-state index in [4.69, 9.17) is 11.6 Å². The minimum Gasteiger partial charge on any atom is -0.325 e. The maximum absolute atomic E-state index is 12.7. The summed E-state index contributed by atoms with van der Waals surface area (Å²) < 4.78 is 0.982. The summed E-state index contributed by atoms with van der Waals surface area (Å²) in [5.74, 6) is 0.0446. The average molecular weight is 596 g/mol. The molecule has 0 saturated carbocycles. The molecule has 174 valence electrons. The second kappa shape index (κ2) is 9.63. The van der Waals surface area contributed by atoms with Crippen LogP contribution < -0.4 is 16.0 Å². The molecule has 0 aliphatic carbocycles. The van der Waals surface area contributed by atoms with Gasteiger partial charge in [0.25, 0.3) is 5.91 Å². The molecule has 7 nitrogen and oxygen atoms in total. The van der Waals surface area contributed by atoms with E-state index in [1.165, 1.54) is 0 Å². The fraction of sp³-hybridized carbons (Fsp3) is 0.0769. The first kappa shape index (κ1) is 23.3. The van der Waals surface area contributed by atoms with Gasteiger partial charge in [-0.3, -0.25) is 9.59 Å². The topological polar surface area (TPSA) is 96.0 Å². The third-order valence-electron chi connectivity index (χ3n) is 5.50. The van der Waals surface area contributed by atoms with Crippen molar-refractivity contribution in [3.8, 4) is 11.3 Å². The Balaban J connectivity index is 1.35. The van der Waals surface area contributed by atoms with Crippen molar-refractivity contribution in [2.45, 2.75) is 13.3 Å². The molecule has 0 unspecified atom stereocenters. The van der Waals surface area contributed by atoms with Gasteiger partial charge in [-0.25, -0.2) is 9.97 Å². The van der Waals surface area contributed by atoms with Crippen molar-refractivity contribution in [3.05, 3.63) is 92.1 Å². The highest BCUT2D eigenvalue weighted by atomic mass is 127. The number of nitrogens with one attached hydrogen (secondary N) is 3. The molecule has 0 fully saturated rings. The molecule has 0 radical (unpaired) electrons. The van der Waals surface area contributed by atoms with Crippen LogP contribution in [0.1, 0.15) is 21.5 Å². The normalized spacial score (nSPS) is 12.1. The van der Waals surface area contributed by atoms with Crippen molar-refractivity contribution in [1.29, 1.82) is 0 Å². The third kappa shape index (κ3) is 5.13. The Morgan fingerprint density at radius 1 is 1.09 bits per heavy atom. The van der Waals surface area contributed by atoms with Crippen molar-refractivity contribution >= 4 is 69.0 Å². The van der Waals surface area contributed by atoms with E-state index < -0.39 is 0 Å². The van der Waals surface area contributed by atoms with Gasteiger partial charge in [0.05, 0.1) is 23.5 Å².